The third-order valence-electron chi connectivity index (χ3n) is 4.06. The number of anilines is 2. The summed E-state index contributed by atoms with van der Waals surface area (Å²) in [6, 6.07) is 3.52. The average molecular weight is 344 g/mol. The Balaban J connectivity index is 1.85. The van der Waals surface area contributed by atoms with E-state index in [-0.39, 0.29) is 11.8 Å². The zero-order chi connectivity index (χ0) is 17.8. The highest BCUT2D eigenvalue weighted by Gasteiger charge is 2.19. The van der Waals surface area contributed by atoms with E-state index in [0.29, 0.717) is 30.7 Å². The zero-order valence-corrected chi connectivity index (χ0v) is 14.9. The first-order chi connectivity index (χ1) is 12.1. The Morgan fingerprint density at radius 3 is 2.72 bits per heavy atom. The molecule has 134 valence electrons. The fourth-order valence-corrected chi connectivity index (χ4v) is 2.55. The molecular weight excluding hydrogens is 320 g/mol. The van der Waals surface area contributed by atoms with Crippen LogP contribution in [0.25, 0.3) is 0 Å². The number of aryl methyl sites for hydroxylation is 1. The van der Waals surface area contributed by atoms with Crippen LogP contribution in [0.1, 0.15) is 42.9 Å². The van der Waals surface area contributed by atoms with Crippen LogP contribution >= 0.6 is 0 Å². The largest absolute Gasteiger partial charge is 0.378 e. The molecule has 0 saturated carbocycles. The van der Waals surface area contributed by atoms with Crippen LogP contribution in [0.4, 0.5) is 11.8 Å². The molecule has 3 heterocycles. The second-order valence-electron chi connectivity index (χ2n) is 6.24. The molecule has 0 bridgehead atoms. The van der Waals surface area contributed by atoms with E-state index >= 15 is 0 Å². The van der Waals surface area contributed by atoms with Gasteiger partial charge in [0.1, 0.15) is 5.69 Å². The van der Waals surface area contributed by atoms with Crippen LogP contribution in [-0.2, 0) is 11.3 Å². The lowest BCUT2D eigenvalue weighted by Crippen LogP contribution is -2.38. The molecule has 1 saturated heterocycles. The van der Waals surface area contributed by atoms with E-state index in [1.54, 1.807) is 16.8 Å². The fourth-order valence-electron chi connectivity index (χ4n) is 2.55. The summed E-state index contributed by atoms with van der Waals surface area (Å²) in [5.74, 6) is 1.03. The molecule has 0 atom stereocenters. The normalized spacial score (nSPS) is 14.8. The van der Waals surface area contributed by atoms with Gasteiger partial charge in [0.05, 0.1) is 13.2 Å². The summed E-state index contributed by atoms with van der Waals surface area (Å²) in [5.41, 5.74) is 1.20. The molecule has 3 rings (SSSR count). The number of ether oxygens (including phenoxy) is 1. The molecule has 8 nitrogen and oxygen atoms in total. The van der Waals surface area contributed by atoms with E-state index in [1.165, 1.54) is 0 Å². The van der Waals surface area contributed by atoms with Gasteiger partial charge in [-0.2, -0.15) is 5.10 Å². The third-order valence-corrected chi connectivity index (χ3v) is 4.06. The van der Waals surface area contributed by atoms with Crippen molar-refractivity contribution in [1.29, 1.82) is 0 Å². The van der Waals surface area contributed by atoms with E-state index in [1.807, 2.05) is 13.1 Å². The second kappa shape index (κ2) is 7.60. The van der Waals surface area contributed by atoms with E-state index in [4.69, 9.17) is 4.74 Å². The maximum atomic E-state index is 12.6. The van der Waals surface area contributed by atoms with Gasteiger partial charge in [-0.3, -0.25) is 9.48 Å². The number of hydrogen-bond acceptors (Lipinski definition) is 6. The summed E-state index contributed by atoms with van der Waals surface area (Å²) in [7, 11) is 0. The van der Waals surface area contributed by atoms with Gasteiger partial charge in [-0.1, -0.05) is 13.8 Å². The Morgan fingerprint density at radius 1 is 1.32 bits per heavy atom. The molecule has 1 aliphatic heterocycles. The van der Waals surface area contributed by atoms with Gasteiger partial charge in [-0.05, 0) is 18.9 Å². The smallest absolute Gasteiger partial charge is 0.275 e. The van der Waals surface area contributed by atoms with Gasteiger partial charge in [0.15, 0.2) is 5.82 Å². The van der Waals surface area contributed by atoms with Gasteiger partial charge in [-0.25, -0.2) is 9.97 Å². The van der Waals surface area contributed by atoms with Gasteiger partial charge >= 0.3 is 0 Å². The fraction of sp³-hybridized carbons (Fsp3) is 0.529. The van der Waals surface area contributed by atoms with Gasteiger partial charge in [0, 0.05) is 37.6 Å². The molecule has 25 heavy (non-hydrogen) atoms. The minimum atomic E-state index is -0.278. The molecule has 1 aliphatic rings. The molecule has 1 fully saturated rings. The highest BCUT2D eigenvalue weighted by atomic mass is 16.5. The molecule has 1 N–H and O–H groups in total. The van der Waals surface area contributed by atoms with Crippen molar-refractivity contribution in [1.82, 2.24) is 19.7 Å². The molecular formula is C17H24N6O2. The summed E-state index contributed by atoms with van der Waals surface area (Å²) >= 11 is 0. The van der Waals surface area contributed by atoms with Crippen molar-refractivity contribution in [3.63, 3.8) is 0 Å². The average Bonchev–Trinajstić information content (AvgIpc) is 3.09. The van der Waals surface area contributed by atoms with Crippen LogP contribution < -0.4 is 10.2 Å². The van der Waals surface area contributed by atoms with Crippen molar-refractivity contribution in [2.24, 2.45) is 0 Å². The number of nitrogens with one attached hydrogen (secondary N) is 1. The molecule has 8 heteroatoms. The maximum Gasteiger partial charge on any atom is 0.275 e. The first kappa shape index (κ1) is 17.3. The summed E-state index contributed by atoms with van der Waals surface area (Å²) < 4.78 is 7.14. The minimum Gasteiger partial charge on any atom is -0.378 e. The quantitative estimate of drug-likeness (QED) is 0.892. The number of hydrogen-bond donors (Lipinski definition) is 1. The van der Waals surface area contributed by atoms with Crippen LogP contribution in [0, 0.1) is 0 Å². The molecule has 0 aromatic carbocycles. The maximum absolute atomic E-state index is 12.6. The highest BCUT2D eigenvalue weighted by Crippen LogP contribution is 2.19. The summed E-state index contributed by atoms with van der Waals surface area (Å²) in [6.07, 6.45) is 1.83. The number of amides is 1. The summed E-state index contributed by atoms with van der Waals surface area (Å²) in [5, 5.41) is 7.08. The van der Waals surface area contributed by atoms with Crippen molar-refractivity contribution in [2.75, 3.05) is 36.5 Å². The number of aromatic nitrogens is 4. The predicted octanol–water partition coefficient (Wildman–Crippen LogP) is 1.91. The number of rotatable bonds is 5. The Hall–Kier alpha value is -2.48. The highest BCUT2D eigenvalue weighted by molar-refractivity contribution is 6.02. The lowest BCUT2D eigenvalue weighted by molar-refractivity contribution is 0.102. The van der Waals surface area contributed by atoms with Crippen LogP contribution in [0.15, 0.2) is 18.3 Å². The Labute approximate surface area is 147 Å². The van der Waals surface area contributed by atoms with Crippen LogP contribution in [0.5, 0.6) is 0 Å². The molecule has 0 aliphatic carbocycles. The van der Waals surface area contributed by atoms with E-state index in [9.17, 15) is 4.79 Å². The molecule has 1 amide bonds. The third kappa shape index (κ3) is 4.14. The molecule has 2 aromatic rings. The van der Waals surface area contributed by atoms with Gasteiger partial charge in [0.2, 0.25) is 5.95 Å². The van der Waals surface area contributed by atoms with Crippen LogP contribution in [0.3, 0.4) is 0 Å². The lowest BCUT2D eigenvalue weighted by Gasteiger charge is -2.27. The van der Waals surface area contributed by atoms with Crippen molar-refractivity contribution in [3.8, 4) is 0 Å². The van der Waals surface area contributed by atoms with E-state index in [2.05, 4.69) is 39.1 Å². The Morgan fingerprint density at radius 2 is 2.08 bits per heavy atom. The zero-order valence-electron chi connectivity index (χ0n) is 14.9. The van der Waals surface area contributed by atoms with Crippen molar-refractivity contribution in [2.45, 2.75) is 33.2 Å². The van der Waals surface area contributed by atoms with Gasteiger partial charge in [0.25, 0.3) is 5.91 Å². The standard InChI is InChI=1S/C17H24N6O2/c1-4-23-6-5-15(21-23)20-16(24)14-11-13(12(2)3)18-17(19-14)22-7-9-25-10-8-22/h5-6,11-12H,4,7-10H2,1-3H3,(H,20,21,24). The second-order valence-corrected chi connectivity index (χ2v) is 6.24. The Bertz CT molecular complexity index is 736. The molecule has 2 aromatic heterocycles. The summed E-state index contributed by atoms with van der Waals surface area (Å²) in [6.45, 7) is 9.59. The van der Waals surface area contributed by atoms with Crippen molar-refractivity contribution < 1.29 is 9.53 Å². The number of carbonyl (C=O) groups is 1. The number of morpholine rings is 1. The van der Waals surface area contributed by atoms with Crippen molar-refractivity contribution in [3.05, 3.63) is 29.7 Å². The SMILES string of the molecule is CCn1ccc(NC(=O)c2cc(C(C)C)nc(N3CCOCC3)n2)n1. The lowest BCUT2D eigenvalue weighted by atomic mass is 10.1. The van der Waals surface area contributed by atoms with E-state index in [0.717, 1.165) is 25.3 Å². The van der Waals surface area contributed by atoms with Gasteiger partial charge in [-0.15, -0.1) is 0 Å². The first-order valence-electron chi connectivity index (χ1n) is 8.63. The Kier molecular flexibility index (Phi) is 5.28. The number of carbonyl (C=O) groups excluding carboxylic acids is 1. The van der Waals surface area contributed by atoms with Gasteiger partial charge < -0.3 is 15.0 Å². The topological polar surface area (TPSA) is 85.2 Å². The van der Waals surface area contributed by atoms with Crippen LogP contribution in [-0.4, -0.2) is 52.0 Å². The minimum absolute atomic E-state index is 0.202. The van der Waals surface area contributed by atoms with Crippen LogP contribution in [0.2, 0.25) is 0 Å². The van der Waals surface area contributed by atoms with E-state index < -0.39 is 0 Å². The molecule has 0 unspecified atom stereocenters. The monoisotopic (exact) mass is 344 g/mol. The predicted molar refractivity (Wildman–Crippen MR) is 95.0 cm³/mol. The molecule has 0 radical (unpaired) electrons. The molecule has 0 spiro atoms. The first-order valence-corrected chi connectivity index (χ1v) is 8.63. The number of nitrogens with zero attached hydrogens (tertiary/aromatic N) is 5. The summed E-state index contributed by atoms with van der Waals surface area (Å²) in [4.78, 5) is 23.8. The van der Waals surface area contributed by atoms with Crippen molar-refractivity contribution >= 4 is 17.7 Å².